The number of Topliss-reactive ketones (excluding diaryl/α,β-unsaturated/α-hetero) is 1. The van der Waals surface area contributed by atoms with Crippen LogP contribution in [0.1, 0.15) is 17.3 Å². The SMILES string of the molecule is CNc1cc(OC)c(C(C)=O)cc1Cl. The highest BCUT2D eigenvalue weighted by atomic mass is 35.5. The number of halogens is 1. The molecule has 0 heterocycles. The van der Waals surface area contributed by atoms with Crippen molar-refractivity contribution >= 4 is 23.1 Å². The third kappa shape index (κ3) is 1.99. The van der Waals surface area contributed by atoms with Crippen LogP contribution in [-0.2, 0) is 0 Å². The number of anilines is 1. The molecule has 1 aromatic rings. The van der Waals surface area contributed by atoms with Crippen molar-refractivity contribution in [3.8, 4) is 5.75 Å². The first kappa shape index (κ1) is 10.9. The number of benzene rings is 1. The van der Waals surface area contributed by atoms with Crippen molar-refractivity contribution < 1.29 is 9.53 Å². The molecule has 1 N–H and O–H groups in total. The van der Waals surface area contributed by atoms with Gasteiger partial charge in [0, 0.05) is 13.1 Å². The molecule has 0 aromatic heterocycles. The van der Waals surface area contributed by atoms with Gasteiger partial charge in [0.15, 0.2) is 5.78 Å². The summed E-state index contributed by atoms with van der Waals surface area (Å²) in [4.78, 5) is 11.2. The van der Waals surface area contributed by atoms with Gasteiger partial charge in [0.25, 0.3) is 0 Å². The zero-order chi connectivity index (χ0) is 10.7. The van der Waals surface area contributed by atoms with Gasteiger partial charge in [-0.1, -0.05) is 11.6 Å². The fourth-order valence-electron chi connectivity index (χ4n) is 1.19. The first-order chi connectivity index (χ1) is 6.60. The summed E-state index contributed by atoms with van der Waals surface area (Å²) in [5.74, 6) is 0.470. The largest absolute Gasteiger partial charge is 0.496 e. The fraction of sp³-hybridized carbons (Fsp3) is 0.300. The summed E-state index contributed by atoms with van der Waals surface area (Å²) in [7, 11) is 3.28. The number of nitrogens with one attached hydrogen (secondary N) is 1. The van der Waals surface area contributed by atoms with Gasteiger partial charge < -0.3 is 10.1 Å². The normalized spacial score (nSPS) is 9.71. The molecule has 0 aliphatic rings. The van der Waals surface area contributed by atoms with Crippen LogP contribution < -0.4 is 10.1 Å². The maximum atomic E-state index is 11.2. The lowest BCUT2D eigenvalue weighted by Gasteiger charge is -2.10. The van der Waals surface area contributed by atoms with Crippen molar-refractivity contribution in [1.29, 1.82) is 0 Å². The van der Waals surface area contributed by atoms with Gasteiger partial charge in [-0.05, 0) is 13.0 Å². The third-order valence-corrected chi connectivity index (χ3v) is 2.25. The summed E-state index contributed by atoms with van der Waals surface area (Å²) < 4.78 is 5.08. The van der Waals surface area contributed by atoms with E-state index in [0.29, 0.717) is 16.3 Å². The van der Waals surface area contributed by atoms with Crippen molar-refractivity contribution in [2.45, 2.75) is 6.92 Å². The second kappa shape index (κ2) is 4.33. The van der Waals surface area contributed by atoms with Crippen molar-refractivity contribution in [2.24, 2.45) is 0 Å². The van der Waals surface area contributed by atoms with E-state index in [2.05, 4.69) is 5.32 Å². The van der Waals surface area contributed by atoms with Crippen molar-refractivity contribution in [3.05, 3.63) is 22.7 Å². The smallest absolute Gasteiger partial charge is 0.163 e. The third-order valence-electron chi connectivity index (χ3n) is 1.94. The minimum absolute atomic E-state index is 0.0635. The van der Waals surface area contributed by atoms with Gasteiger partial charge in [0.1, 0.15) is 5.75 Å². The number of hydrogen-bond acceptors (Lipinski definition) is 3. The van der Waals surface area contributed by atoms with E-state index in [-0.39, 0.29) is 5.78 Å². The number of rotatable bonds is 3. The molecule has 0 aliphatic heterocycles. The van der Waals surface area contributed by atoms with Crippen LogP contribution in [0.15, 0.2) is 12.1 Å². The summed E-state index contributed by atoms with van der Waals surface area (Å²) in [5, 5.41) is 3.43. The zero-order valence-electron chi connectivity index (χ0n) is 8.35. The minimum atomic E-state index is -0.0635. The summed E-state index contributed by atoms with van der Waals surface area (Å²) >= 11 is 5.93. The molecule has 0 saturated heterocycles. The van der Waals surface area contributed by atoms with E-state index in [0.717, 1.165) is 5.69 Å². The number of hydrogen-bond donors (Lipinski definition) is 1. The highest BCUT2D eigenvalue weighted by Gasteiger charge is 2.11. The van der Waals surface area contributed by atoms with Gasteiger partial charge in [-0.15, -0.1) is 0 Å². The molecule has 4 heteroatoms. The standard InChI is InChI=1S/C10H12ClNO2/c1-6(13)7-4-8(11)9(12-2)5-10(7)14-3/h4-5,12H,1-3H3. The summed E-state index contributed by atoms with van der Waals surface area (Å²) in [6.07, 6.45) is 0. The molecule has 0 spiro atoms. The minimum Gasteiger partial charge on any atom is -0.496 e. The van der Waals surface area contributed by atoms with E-state index >= 15 is 0 Å². The van der Waals surface area contributed by atoms with Crippen LogP contribution in [0.25, 0.3) is 0 Å². The maximum Gasteiger partial charge on any atom is 0.163 e. The Morgan fingerprint density at radius 3 is 2.57 bits per heavy atom. The van der Waals surface area contributed by atoms with Gasteiger partial charge in [0.2, 0.25) is 0 Å². The molecule has 14 heavy (non-hydrogen) atoms. The van der Waals surface area contributed by atoms with Crippen molar-refractivity contribution in [3.63, 3.8) is 0 Å². The Morgan fingerprint density at radius 2 is 2.14 bits per heavy atom. The number of carbonyl (C=O) groups excluding carboxylic acids is 1. The lowest BCUT2D eigenvalue weighted by molar-refractivity contribution is 0.101. The van der Waals surface area contributed by atoms with Crippen LogP contribution in [0, 0.1) is 0 Å². The Hall–Kier alpha value is -1.22. The molecule has 0 fully saturated rings. The highest BCUT2D eigenvalue weighted by molar-refractivity contribution is 6.33. The first-order valence-electron chi connectivity index (χ1n) is 4.16. The van der Waals surface area contributed by atoms with Crippen LogP contribution in [0.5, 0.6) is 5.75 Å². The second-order valence-electron chi connectivity index (χ2n) is 2.84. The number of methoxy groups -OCH3 is 1. The topological polar surface area (TPSA) is 38.3 Å². The molecule has 0 saturated carbocycles. The van der Waals surface area contributed by atoms with Crippen LogP contribution in [0.3, 0.4) is 0 Å². The lowest BCUT2D eigenvalue weighted by atomic mass is 10.1. The van der Waals surface area contributed by atoms with E-state index in [9.17, 15) is 4.79 Å². The molecule has 0 bridgehead atoms. The predicted molar refractivity (Wildman–Crippen MR) is 57.6 cm³/mol. The summed E-state index contributed by atoms with van der Waals surface area (Å²) in [6, 6.07) is 3.31. The molecule has 0 unspecified atom stereocenters. The van der Waals surface area contributed by atoms with E-state index in [1.54, 1.807) is 19.2 Å². The van der Waals surface area contributed by atoms with Gasteiger partial charge in [-0.2, -0.15) is 0 Å². The maximum absolute atomic E-state index is 11.2. The van der Waals surface area contributed by atoms with Gasteiger partial charge in [0.05, 0.1) is 23.4 Å². The van der Waals surface area contributed by atoms with Gasteiger partial charge in [-0.3, -0.25) is 4.79 Å². The van der Waals surface area contributed by atoms with Crippen LogP contribution in [0.2, 0.25) is 5.02 Å². The fourth-order valence-corrected chi connectivity index (χ4v) is 1.45. The molecule has 1 rings (SSSR count). The highest BCUT2D eigenvalue weighted by Crippen LogP contribution is 2.30. The van der Waals surface area contributed by atoms with Crippen molar-refractivity contribution in [2.75, 3.05) is 19.5 Å². The Kier molecular flexibility index (Phi) is 3.36. The lowest BCUT2D eigenvalue weighted by Crippen LogP contribution is -1.99. The average molecular weight is 214 g/mol. The van der Waals surface area contributed by atoms with E-state index in [1.165, 1.54) is 14.0 Å². The number of carbonyl (C=O) groups is 1. The quantitative estimate of drug-likeness (QED) is 0.785. The Balaban J connectivity index is 3.31. The molecular weight excluding hydrogens is 202 g/mol. The van der Waals surface area contributed by atoms with Gasteiger partial charge in [-0.25, -0.2) is 0 Å². The van der Waals surface area contributed by atoms with Crippen LogP contribution in [-0.4, -0.2) is 19.9 Å². The summed E-state index contributed by atoms with van der Waals surface area (Å²) in [6.45, 7) is 1.48. The monoisotopic (exact) mass is 213 g/mol. The Bertz CT molecular complexity index is 363. The zero-order valence-corrected chi connectivity index (χ0v) is 9.11. The average Bonchev–Trinajstić information content (AvgIpc) is 2.17. The number of ketones is 1. The molecule has 3 nitrogen and oxygen atoms in total. The molecule has 76 valence electrons. The van der Waals surface area contributed by atoms with E-state index < -0.39 is 0 Å². The van der Waals surface area contributed by atoms with Crippen LogP contribution in [0.4, 0.5) is 5.69 Å². The van der Waals surface area contributed by atoms with Crippen LogP contribution >= 0.6 is 11.6 Å². The predicted octanol–water partition coefficient (Wildman–Crippen LogP) is 2.59. The van der Waals surface area contributed by atoms with E-state index in [4.69, 9.17) is 16.3 Å². The second-order valence-corrected chi connectivity index (χ2v) is 3.25. The Morgan fingerprint density at radius 1 is 1.50 bits per heavy atom. The molecular formula is C10H12ClNO2. The number of ether oxygens (including phenoxy) is 1. The van der Waals surface area contributed by atoms with E-state index in [1.807, 2.05) is 0 Å². The van der Waals surface area contributed by atoms with Crippen molar-refractivity contribution in [1.82, 2.24) is 0 Å². The summed E-state index contributed by atoms with van der Waals surface area (Å²) in [5.41, 5.74) is 1.24. The molecule has 0 atom stereocenters. The van der Waals surface area contributed by atoms with Gasteiger partial charge >= 0.3 is 0 Å². The first-order valence-corrected chi connectivity index (χ1v) is 4.54. The molecule has 0 aliphatic carbocycles. The molecule has 0 amide bonds. The molecule has 0 radical (unpaired) electrons. The Labute approximate surface area is 88.0 Å². The molecule has 1 aromatic carbocycles.